The first-order chi connectivity index (χ1) is 10.4. The molecule has 0 spiro atoms. The van der Waals surface area contributed by atoms with Gasteiger partial charge in [0.2, 0.25) is 0 Å². The summed E-state index contributed by atoms with van der Waals surface area (Å²) in [6.45, 7) is 0. The molecule has 0 bridgehead atoms. The molecule has 0 heterocycles. The molecule has 0 amide bonds. The molecule has 0 aromatic heterocycles. The highest BCUT2D eigenvalue weighted by Gasteiger charge is 2.29. The van der Waals surface area contributed by atoms with Crippen LogP contribution in [0.4, 0.5) is 13.2 Å². The van der Waals surface area contributed by atoms with Crippen LogP contribution < -0.4 is 4.74 Å². The summed E-state index contributed by atoms with van der Waals surface area (Å²) in [5.41, 5.74) is 0.282. The molecule has 0 radical (unpaired) electrons. The number of ketones is 1. The maximum Gasteiger partial charge on any atom is 0.416 e. The minimum atomic E-state index is -4.36. The Bertz CT molecular complexity index is 669. The van der Waals surface area contributed by atoms with Gasteiger partial charge in [0.05, 0.1) is 12.7 Å². The van der Waals surface area contributed by atoms with Crippen molar-refractivity contribution in [1.82, 2.24) is 0 Å². The zero-order valence-corrected chi connectivity index (χ0v) is 11.7. The summed E-state index contributed by atoms with van der Waals surface area (Å²) in [5, 5.41) is 0. The van der Waals surface area contributed by atoms with E-state index < -0.39 is 11.7 Å². The molecule has 0 aliphatic carbocycles. The third kappa shape index (κ3) is 3.97. The topological polar surface area (TPSA) is 26.3 Å². The van der Waals surface area contributed by atoms with Gasteiger partial charge in [-0.2, -0.15) is 13.2 Å². The second-order valence-corrected chi connectivity index (χ2v) is 4.55. The standard InChI is InChI=1S/C17H13F3O2/c1-22-15-9-5-13(6-10-15)16(21)11-4-12-2-7-14(8-3-12)17(18,19)20/h2-11H,1H3/b11-4+. The van der Waals surface area contributed by atoms with Crippen molar-refractivity contribution in [3.05, 3.63) is 71.3 Å². The molecule has 0 unspecified atom stereocenters. The number of benzene rings is 2. The summed E-state index contributed by atoms with van der Waals surface area (Å²) in [5.74, 6) is 0.408. The Kier molecular flexibility index (Phi) is 4.65. The first kappa shape index (κ1) is 15.8. The lowest BCUT2D eigenvalue weighted by molar-refractivity contribution is -0.137. The Morgan fingerprint density at radius 1 is 1.00 bits per heavy atom. The molecule has 0 atom stereocenters. The zero-order valence-electron chi connectivity index (χ0n) is 11.7. The van der Waals surface area contributed by atoms with Crippen LogP contribution in [0.15, 0.2) is 54.6 Å². The Hall–Kier alpha value is -2.56. The van der Waals surface area contributed by atoms with Gasteiger partial charge in [-0.3, -0.25) is 4.79 Å². The molecule has 114 valence electrons. The molecule has 2 aromatic carbocycles. The molecule has 5 heteroatoms. The fourth-order valence-corrected chi connectivity index (χ4v) is 1.81. The highest BCUT2D eigenvalue weighted by molar-refractivity contribution is 6.06. The summed E-state index contributed by atoms with van der Waals surface area (Å²) in [6.07, 6.45) is -1.56. The van der Waals surface area contributed by atoms with E-state index >= 15 is 0 Å². The van der Waals surface area contributed by atoms with Gasteiger partial charge in [0, 0.05) is 5.56 Å². The second kappa shape index (κ2) is 6.47. The first-order valence-corrected chi connectivity index (χ1v) is 6.44. The van der Waals surface area contributed by atoms with Crippen LogP contribution in [0.3, 0.4) is 0 Å². The predicted molar refractivity (Wildman–Crippen MR) is 77.8 cm³/mol. The van der Waals surface area contributed by atoms with E-state index in [-0.39, 0.29) is 5.78 Å². The summed E-state index contributed by atoms with van der Waals surface area (Å²) in [6, 6.07) is 11.2. The lowest BCUT2D eigenvalue weighted by atomic mass is 10.1. The summed E-state index contributed by atoms with van der Waals surface area (Å²) < 4.78 is 42.3. The van der Waals surface area contributed by atoms with Crippen LogP contribution in [0, 0.1) is 0 Å². The average Bonchev–Trinajstić information content (AvgIpc) is 2.52. The number of hydrogen-bond donors (Lipinski definition) is 0. The Labute approximate surface area is 125 Å². The number of methoxy groups -OCH3 is 1. The molecule has 0 fully saturated rings. The normalized spacial score (nSPS) is 11.6. The van der Waals surface area contributed by atoms with E-state index in [4.69, 9.17) is 4.74 Å². The van der Waals surface area contributed by atoms with Crippen molar-refractivity contribution in [3.63, 3.8) is 0 Å². The van der Waals surface area contributed by atoms with Crippen molar-refractivity contribution in [2.75, 3.05) is 7.11 Å². The third-order valence-electron chi connectivity index (χ3n) is 3.04. The third-order valence-corrected chi connectivity index (χ3v) is 3.04. The minimum Gasteiger partial charge on any atom is -0.497 e. The van der Waals surface area contributed by atoms with E-state index in [1.807, 2.05) is 0 Å². The minimum absolute atomic E-state index is 0.234. The number of allylic oxidation sites excluding steroid dienone is 1. The number of carbonyl (C=O) groups is 1. The highest BCUT2D eigenvalue weighted by atomic mass is 19.4. The molecule has 2 aromatic rings. The van der Waals surface area contributed by atoms with E-state index in [0.29, 0.717) is 16.9 Å². The van der Waals surface area contributed by atoms with Gasteiger partial charge in [0.1, 0.15) is 5.75 Å². The van der Waals surface area contributed by atoms with Gasteiger partial charge in [-0.15, -0.1) is 0 Å². The van der Waals surface area contributed by atoms with Crippen molar-refractivity contribution >= 4 is 11.9 Å². The fraction of sp³-hybridized carbons (Fsp3) is 0.118. The predicted octanol–water partition coefficient (Wildman–Crippen LogP) is 4.61. The Morgan fingerprint density at radius 3 is 2.09 bits per heavy atom. The summed E-state index contributed by atoms with van der Waals surface area (Å²) >= 11 is 0. The smallest absolute Gasteiger partial charge is 0.416 e. The molecule has 0 N–H and O–H groups in total. The van der Waals surface area contributed by atoms with E-state index in [1.165, 1.54) is 31.4 Å². The van der Waals surface area contributed by atoms with Crippen molar-refractivity contribution in [2.45, 2.75) is 6.18 Å². The number of halogens is 3. The molecular weight excluding hydrogens is 293 g/mol. The molecular formula is C17H13F3O2. The van der Waals surface area contributed by atoms with E-state index in [1.54, 1.807) is 24.3 Å². The van der Waals surface area contributed by atoms with Gasteiger partial charge < -0.3 is 4.74 Å². The van der Waals surface area contributed by atoms with Gasteiger partial charge in [-0.1, -0.05) is 18.2 Å². The SMILES string of the molecule is COc1ccc(C(=O)/C=C/c2ccc(C(F)(F)F)cc2)cc1. The molecule has 2 nitrogen and oxygen atoms in total. The number of rotatable bonds is 4. The number of alkyl halides is 3. The van der Waals surface area contributed by atoms with Crippen molar-refractivity contribution in [2.24, 2.45) is 0 Å². The van der Waals surface area contributed by atoms with Crippen LogP contribution in [-0.4, -0.2) is 12.9 Å². The Balaban J connectivity index is 2.08. The van der Waals surface area contributed by atoms with Crippen molar-refractivity contribution in [1.29, 1.82) is 0 Å². The molecule has 0 aliphatic rings. The highest BCUT2D eigenvalue weighted by Crippen LogP contribution is 2.29. The molecule has 0 aliphatic heterocycles. The fourth-order valence-electron chi connectivity index (χ4n) is 1.81. The van der Waals surface area contributed by atoms with Crippen LogP contribution in [0.25, 0.3) is 6.08 Å². The second-order valence-electron chi connectivity index (χ2n) is 4.55. The van der Waals surface area contributed by atoms with Gasteiger partial charge in [-0.25, -0.2) is 0 Å². The van der Waals surface area contributed by atoms with Crippen LogP contribution in [0.2, 0.25) is 0 Å². The molecule has 2 rings (SSSR count). The molecule has 22 heavy (non-hydrogen) atoms. The van der Waals surface area contributed by atoms with Crippen LogP contribution in [0.5, 0.6) is 5.75 Å². The number of ether oxygens (including phenoxy) is 1. The zero-order chi connectivity index (χ0) is 16.2. The Morgan fingerprint density at radius 2 is 1.59 bits per heavy atom. The lowest BCUT2D eigenvalue weighted by Crippen LogP contribution is -2.04. The van der Waals surface area contributed by atoms with E-state index in [9.17, 15) is 18.0 Å². The van der Waals surface area contributed by atoms with Crippen LogP contribution in [-0.2, 0) is 6.18 Å². The first-order valence-electron chi connectivity index (χ1n) is 6.44. The summed E-state index contributed by atoms with van der Waals surface area (Å²) in [7, 11) is 1.53. The molecule has 0 saturated carbocycles. The van der Waals surface area contributed by atoms with Gasteiger partial charge in [-0.05, 0) is 48.0 Å². The van der Waals surface area contributed by atoms with Gasteiger partial charge >= 0.3 is 6.18 Å². The monoisotopic (exact) mass is 306 g/mol. The lowest BCUT2D eigenvalue weighted by Gasteiger charge is -2.05. The number of hydrogen-bond acceptors (Lipinski definition) is 2. The van der Waals surface area contributed by atoms with E-state index in [2.05, 4.69) is 0 Å². The maximum atomic E-state index is 12.4. The van der Waals surface area contributed by atoms with Gasteiger partial charge in [0.15, 0.2) is 5.78 Å². The largest absolute Gasteiger partial charge is 0.497 e. The molecule has 0 saturated heterocycles. The maximum absolute atomic E-state index is 12.4. The van der Waals surface area contributed by atoms with Crippen LogP contribution >= 0.6 is 0 Å². The van der Waals surface area contributed by atoms with E-state index in [0.717, 1.165) is 12.1 Å². The summed E-state index contributed by atoms with van der Waals surface area (Å²) in [4.78, 5) is 11.9. The average molecular weight is 306 g/mol. The van der Waals surface area contributed by atoms with Crippen molar-refractivity contribution < 1.29 is 22.7 Å². The quantitative estimate of drug-likeness (QED) is 0.609. The van der Waals surface area contributed by atoms with Crippen LogP contribution in [0.1, 0.15) is 21.5 Å². The number of carbonyl (C=O) groups excluding carboxylic acids is 1. The van der Waals surface area contributed by atoms with Crippen molar-refractivity contribution in [3.8, 4) is 5.75 Å². The van der Waals surface area contributed by atoms with Gasteiger partial charge in [0.25, 0.3) is 0 Å².